The molecule has 4 rings (SSSR count). The molecule has 0 spiro atoms. The molecule has 0 bridgehead atoms. The van der Waals surface area contributed by atoms with Gasteiger partial charge in [-0.25, -0.2) is 4.79 Å². The van der Waals surface area contributed by atoms with E-state index < -0.39 is 5.97 Å². The number of fused-ring (bicyclic) bond motifs is 1. The van der Waals surface area contributed by atoms with Crippen LogP contribution >= 0.6 is 0 Å². The summed E-state index contributed by atoms with van der Waals surface area (Å²) in [6.07, 6.45) is 0. The molecule has 2 aromatic carbocycles. The van der Waals surface area contributed by atoms with E-state index in [1.165, 1.54) is 0 Å². The molecule has 1 aromatic heterocycles. The van der Waals surface area contributed by atoms with Gasteiger partial charge in [-0.1, -0.05) is 6.07 Å². The number of aromatic nitrogens is 2. The Hall–Kier alpha value is -3.26. The van der Waals surface area contributed by atoms with Crippen molar-refractivity contribution in [3.8, 4) is 0 Å². The molecule has 29 heavy (non-hydrogen) atoms. The number of carboxylic acid groups (broad SMARTS) is 1. The molecule has 0 atom stereocenters. The Labute approximate surface area is 167 Å². The Morgan fingerprint density at radius 2 is 1.79 bits per heavy atom. The fourth-order valence-electron chi connectivity index (χ4n) is 3.76. The summed E-state index contributed by atoms with van der Waals surface area (Å²) in [5.74, 6) is -1.20. The van der Waals surface area contributed by atoms with E-state index in [1.807, 2.05) is 35.2 Å². The number of ether oxygens (including phenoxy) is 1. The molecule has 0 amide bonds. The van der Waals surface area contributed by atoms with Crippen molar-refractivity contribution in [2.45, 2.75) is 6.54 Å². The van der Waals surface area contributed by atoms with Gasteiger partial charge in [0.1, 0.15) is 0 Å². The van der Waals surface area contributed by atoms with Gasteiger partial charge >= 0.3 is 5.69 Å². The number of aryl methyl sites for hydroxylation is 2. The number of morpholine rings is 1. The molecule has 3 aromatic rings. The van der Waals surface area contributed by atoms with Gasteiger partial charge in [0.15, 0.2) is 0 Å². The second-order valence-corrected chi connectivity index (χ2v) is 7.20. The van der Waals surface area contributed by atoms with Gasteiger partial charge in [0.05, 0.1) is 30.2 Å². The lowest BCUT2D eigenvalue weighted by atomic mass is 10.1. The van der Waals surface area contributed by atoms with Crippen LogP contribution in [-0.2, 0) is 25.4 Å². The highest BCUT2D eigenvalue weighted by atomic mass is 16.5. The van der Waals surface area contributed by atoms with Crippen molar-refractivity contribution in [2.75, 3.05) is 36.5 Å². The predicted molar refractivity (Wildman–Crippen MR) is 109 cm³/mol. The summed E-state index contributed by atoms with van der Waals surface area (Å²) in [5.41, 5.74) is 4.17. The average Bonchev–Trinajstić information content (AvgIpc) is 2.96. The number of nitrogens with zero attached hydrogens (tertiary/aromatic N) is 3. The van der Waals surface area contributed by atoms with Gasteiger partial charge in [0, 0.05) is 50.7 Å². The highest BCUT2D eigenvalue weighted by Crippen LogP contribution is 2.25. The van der Waals surface area contributed by atoms with E-state index in [9.17, 15) is 14.7 Å². The fourth-order valence-corrected chi connectivity index (χ4v) is 3.76. The van der Waals surface area contributed by atoms with E-state index in [-0.39, 0.29) is 11.3 Å². The molecule has 0 radical (unpaired) electrons. The lowest BCUT2D eigenvalue weighted by Gasteiger charge is -2.31. The number of carboxylic acids is 1. The van der Waals surface area contributed by atoms with Gasteiger partial charge < -0.3 is 24.9 Å². The normalized spacial score (nSPS) is 14.3. The fraction of sp³-hybridized carbons (Fsp3) is 0.333. The maximum absolute atomic E-state index is 12.1. The van der Waals surface area contributed by atoms with Crippen LogP contribution in [0.2, 0.25) is 0 Å². The number of rotatable bonds is 5. The molecule has 1 aliphatic rings. The topological polar surface area (TPSA) is 91.6 Å². The maximum Gasteiger partial charge on any atom is 0.328 e. The molecule has 2 heterocycles. The highest BCUT2D eigenvalue weighted by Gasteiger charge is 2.16. The zero-order chi connectivity index (χ0) is 20.5. The SMILES string of the molecule is Cn1c(=O)n(C)c2cc(CNc3ccc(N4CCOCC4)c(C(=O)[O-])c3)ccc21. The van der Waals surface area contributed by atoms with E-state index in [0.717, 1.165) is 16.6 Å². The minimum atomic E-state index is -1.20. The van der Waals surface area contributed by atoms with Crippen molar-refractivity contribution >= 4 is 28.4 Å². The van der Waals surface area contributed by atoms with Crippen LogP contribution in [0.4, 0.5) is 11.4 Å². The Morgan fingerprint density at radius 3 is 2.52 bits per heavy atom. The van der Waals surface area contributed by atoms with E-state index in [0.29, 0.717) is 44.2 Å². The number of anilines is 2. The van der Waals surface area contributed by atoms with Crippen molar-refractivity contribution in [3.63, 3.8) is 0 Å². The summed E-state index contributed by atoms with van der Waals surface area (Å²) in [6.45, 7) is 2.97. The van der Waals surface area contributed by atoms with E-state index in [1.54, 1.807) is 29.3 Å². The van der Waals surface area contributed by atoms with E-state index in [4.69, 9.17) is 4.74 Å². The average molecular weight is 395 g/mol. The van der Waals surface area contributed by atoms with Crippen molar-refractivity contribution in [1.82, 2.24) is 9.13 Å². The van der Waals surface area contributed by atoms with E-state index >= 15 is 0 Å². The van der Waals surface area contributed by atoms with Crippen LogP contribution in [0.1, 0.15) is 15.9 Å². The Balaban J connectivity index is 1.56. The lowest BCUT2D eigenvalue weighted by Crippen LogP contribution is -2.38. The van der Waals surface area contributed by atoms with Gasteiger partial charge in [0.25, 0.3) is 0 Å². The van der Waals surface area contributed by atoms with Crippen LogP contribution in [0, 0.1) is 0 Å². The summed E-state index contributed by atoms with van der Waals surface area (Å²) in [6, 6.07) is 11.1. The maximum atomic E-state index is 12.1. The number of imidazole rings is 1. The van der Waals surface area contributed by atoms with Crippen molar-refractivity contribution in [3.05, 3.63) is 58.0 Å². The molecule has 0 saturated carbocycles. The zero-order valence-electron chi connectivity index (χ0n) is 16.5. The number of carbonyl (C=O) groups is 1. The summed E-state index contributed by atoms with van der Waals surface area (Å²) < 4.78 is 8.57. The molecule has 8 nitrogen and oxygen atoms in total. The third-order valence-corrected chi connectivity index (χ3v) is 5.40. The van der Waals surface area contributed by atoms with Crippen molar-refractivity contribution < 1.29 is 14.6 Å². The van der Waals surface area contributed by atoms with Crippen LogP contribution in [0.3, 0.4) is 0 Å². The number of benzene rings is 2. The molecular weight excluding hydrogens is 372 g/mol. The Kier molecular flexibility index (Phi) is 5.02. The van der Waals surface area contributed by atoms with Crippen molar-refractivity contribution in [1.29, 1.82) is 0 Å². The third kappa shape index (κ3) is 3.58. The Morgan fingerprint density at radius 1 is 1.07 bits per heavy atom. The third-order valence-electron chi connectivity index (χ3n) is 5.40. The first-order valence-electron chi connectivity index (χ1n) is 9.52. The molecule has 1 aliphatic heterocycles. The summed E-state index contributed by atoms with van der Waals surface area (Å²) >= 11 is 0. The highest BCUT2D eigenvalue weighted by molar-refractivity contribution is 5.94. The first-order chi connectivity index (χ1) is 14.0. The summed E-state index contributed by atoms with van der Waals surface area (Å²) in [4.78, 5) is 25.8. The van der Waals surface area contributed by atoms with Gasteiger partial charge in [-0.15, -0.1) is 0 Å². The first-order valence-corrected chi connectivity index (χ1v) is 9.52. The van der Waals surface area contributed by atoms with Gasteiger partial charge in [-0.3, -0.25) is 9.13 Å². The van der Waals surface area contributed by atoms with Gasteiger partial charge in [-0.2, -0.15) is 0 Å². The number of aromatic carboxylic acids is 1. The van der Waals surface area contributed by atoms with Gasteiger partial charge in [0.2, 0.25) is 0 Å². The molecule has 8 heteroatoms. The molecule has 1 N–H and O–H groups in total. The largest absolute Gasteiger partial charge is 0.545 e. The molecule has 0 unspecified atom stereocenters. The van der Waals surface area contributed by atoms with Crippen LogP contribution in [0.5, 0.6) is 0 Å². The van der Waals surface area contributed by atoms with Crippen molar-refractivity contribution in [2.24, 2.45) is 14.1 Å². The molecular formula is C21H23N4O4-. The molecule has 1 fully saturated rings. The molecule has 0 aliphatic carbocycles. The van der Waals surface area contributed by atoms with E-state index in [2.05, 4.69) is 5.32 Å². The molecule has 152 valence electrons. The van der Waals surface area contributed by atoms with Gasteiger partial charge in [-0.05, 0) is 35.9 Å². The standard InChI is InChI=1S/C21H24N4O4/c1-23-18-5-3-14(11-19(18)24(2)21(23)28)13-22-15-4-6-17(16(12-15)20(26)27)25-7-9-29-10-8-25/h3-6,11-12,22H,7-10,13H2,1-2H3,(H,26,27)/p-1. The quantitative estimate of drug-likeness (QED) is 0.684. The minimum Gasteiger partial charge on any atom is -0.545 e. The Bertz CT molecular complexity index is 1130. The monoisotopic (exact) mass is 395 g/mol. The number of carbonyl (C=O) groups excluding carboxylic acids is 1. The summed E-state index contributed by atoms with van der Waals surface area (Å²) in [5, 5.41) is 14.9. The number of hydrogen-bond acceptors (Lipinski definition) is 6. The second kappa shape index (κ2) is 7.63. The van der Waals surface area contributed by atoms with Crippen LogP contribution in [0.15, 0.2) is 41.2 Å². The predicted octanol–water partition coefficient (Wildman–Crippen LogP) is 0.689. The number of hydrogen-bond donors (Lipinski definition) is 1. The summed E-state index contributed by atoms with van der Waals surface area (Å²) in [7, 11) is 3.50. The second-order valence-electron chi connectivity index (χ2n) is 7.20. The number of nitrogens with one attached hydrogen (secondary N) is 1. The van der Waals surface area contributed by atoms with Crippen LogP contribution in [-0.4, -0.2) is 41.4 Å². The zero-order valence-corrected chi connectivity index (χ0v) is 16.5. The van der Waals surface area contributed by atoms with Crippen LogP contribution < -0.4 is 21.0 Å². The lowest BCUT2D eigenvalue weighted by molar-refractivity contribution is -0.254. The minimum absolute atomic E-state index is 0.0672. The smallest absolute Gasteiger partial charge is 0.328 e. The van der Waals surface area contributed by atoms with Crippen LogP contribution in [0.25, 0.3) is 11.0 Å². The molecule has 1 saturated heterocycles. The first kappa shape index (κ1) is 19.1.